The van der Waals surface area contributed by atoms with Gasteiger partial charge in [0, 0.05) is 23.1 Å². The van der Waals surface area contributed by atoms with Gasteiger partial charge in [-0.2, -0.15) is 4.98 Å². The molecule has 2 aromatic carbocycles. The maximum absolute atomic E-state index is 13.0. The Morgan fingerprint density at radius 2 is 1.56 bits per heavy atom. The molecule has 0 bridgehead atoms. The number of halogens is 1. The number of nitrogens with one attached hydrogen (secondary N) is 2. The summed E-state index contributed by atoms with van der Waals surface area (Å²) in [6.45, 7) is 4.47. The first kappa shape index (κ1) is 16.7. The van der Waals surface area contributed by atoms with Gasteiger partial charge >= 0.3 is 0 Å². The van der Waals surface area contributed by atoms with E-state index >= 15 is 0 Å². The van der Waals surface area contributed by atoms with Gasteiger partial charge in [-0.15, -0.1) is 0 Å². The third kappa shape index (κ3) is 4.67. The largest absolute Gasteiger partial charge is 0.494 e. The van der Waals surface area contributed by atoms with Crippen molar-refractivity contribution in [1.82, 2.24) is 9.97 Å². The molecule has 0 unspecified atom stereocenters. The van der Waals surface area contributed by atoms with Gasteiger partial charge in [0.2, 0.25) is 5.95 Å². The van der Waals surface area contributed by atoms with Crippen LogP contribution in [0.5, 0.6) is 5.75 Å². The predicted octanol–water partition coefficient (Wildman–Crippen LogP) is 4.81. The van der Waals surface area contributed by atoms with Gasteiger partial charge in [-0.25, -0.2) is 9.37 Å². The van der Waals surface area contributed by atoms with Crippen molar-refractivity contribution < 1.29 is 9.13 Å². The molecular weight excluding hydrogens is 319 g/mol. The summed E-state index contributed by atoms with van der Waals surface area (Å²) in [6.07, 6.45) is 0. The third-order valence-electron chi connectivity index (χ3n) is 3.39. The van der Waals surface area contributed by atoms with Gasteiger partial charge in [0.25, 0.3) is 0 Å². The minimum Gasteiger partial charge on any atom is -0.494 e. The van der Waals surface area contributed by atoms with Crippen LogP contribution in [0.2, 0.25) is 0 Å². The molecule has 5 nitrogen and oxygen atoms in total. The quantitative estimate of drug-likeness (QED) is 0.675. The van der Waals surface area contributed by atoms with E-state index in [-0.39, 0.29) is 5.82 Å². The topological polar surface area (TPSA) is 59.1 Å². The molecule has 1 aromatic heterocycles. The average Bonchev–Trinajstić information content (AvgIpc) is 2.58. The molecule has 2 N–H and O–H groups in total. The molecule has 3 rings (SSSR count). The lowest BCUT2D eigenvalue weighted by molar-refractivity contribution is 0.340. The summed E-state index contributed by atoms with van der Waals surface area (Å²) in [4.78, 5) is 8.84. The summed E-state index contributed by atoms with van der Waals surface area (Å²) in [5.74, 6) is 1.65. The maximum Gasteiger partial charge on any atom is 0.229 e. The number of nitrogens with zero attached hydrogens (tertiary/aromatic N) is 2. The van der Waals surface area contributed by atoms with Gasteiger partial charge in [-0.05, 0) is 62.4 Å². The lowest BCUT2D eigenvalue weighted by Gasteiger charge is -2.10. The minimum absolute atomic E-state index is 0.276. The van der Waals surface area contributed by atoms with E-state index in [4.69, 9.17) is 4.74 Å². The van der Waals surface area contributed by atoms with E-state index < -0.39 is 0 Å². The Balaban J connectivity index is 1.75. The lowest BCUT2D eigenvalue weighted by Crippen LogP contribution is -2.02. The fourth-order valence-corrected chi connectivity index (χ4v) is 2.30. The van der Waals surface area contributed by atoms with Crippen molar-refractivity contribution in [2.75, 3.05) is 17.2 Å². The first-order chi connectivity index (χ1) is 12.1. The highest BCUT2D eigenvalue weighted by Gasteiger charge is 2.04. The summed E-state index contributed by atoms with van der Waals surface area (Å²) in [5.41, 5.74) is 2.43. The van der Waals surface area contributed by atoms with Crippen LogP contribution in [-0.2, 0) is 0 Å². The van der Waals surface area contributed by atoms with Crippen molar-refractivity contribution in [2.45, 2.75) is 13.8 Å². The summed E-state index contributed by atoms with van der Waals surface area (Å²) >= 11 is 0. The van der Waals surface area contributed by atoms with Crippen molar-refractivity contribution in [3.63, 3.8) is 0 Å². The molecule has 0 saturated carbocycles. The van der Waals surface area contributed by atoms with Crippen LogP contribution in [0.4, 0.5) is 27.5 Å². The maximum atomic E-state index is 13.0. The second kappa shape index (κ2) is 7.61. The first-order valence-corrected chi connectivity index (χ1v) is 8.00. The fourth-order valence-electron chi connectivity index (χ4n) is 2.30. The summed E-state index contributed by atoms with van der Waals surface area (Å²) in [7, 11) is 0. The molecule has 128 valence electrons. The second-order valence-electron chi connectivity index (χ2n) is 5.43. The number of benzene rings is 2. The zero-order valence-corrected chi connectivity index (χ0v) is 14.1. The van der Waals surface area contributed by atoms with E-state index in [9.17, 15) is 4.39 Å². The molecule has 0 saturated heterocycles. The Kier molecular flexibility index (Phi) is 5.09. The van der Waals surface area contributed by atoms with Crippen LogP contribution in [0.3, 0.4) is 0 Å². The first-order valence-electron chi connectivity index (χ1n) is 8.00. The van der Waals surface area contributed by atoms with Crippen LogP contribution >= 0.6 is 0 Å². The van der Waals surface area contributed by atoms with Gasteiger partial charge < -0.3 is 15.4 Å². The molecule has 1 heterocycles. The monoisotopic (exact) mass is 338 g/mol. The van der Waals surface area contributed by atoms with Crippen LogP contribution in [0.15, 0.2) is 54.6 Å². The van der Waals surface area contributed by atoms with Gasteiger partial charge in [0.15, 0.2) is 0 Å². The van der Waals surface area contributed by atoms with Crippen molar-refractivity contribution in [3.8, 4) is 5.75 Å². The van der Waals surface area contributed by atoms with E-state index in [0.717, 1.165) is 22.8 Å². The molecular formula is C19H19FN4O. The van der Waals surface area contributed by atoms with Gasteiger partial charge in [-0.1, -0.05) is 0 Å². The van der Waals surface area contributed by atoms with E-state index in [1.54, 1.807) is 12.1 Å². The zero-order chi connectivity index (χ0) is 17.6. The van der Waals surface area contributed by atoms with Crippen LogP contribution in [0.1, 0.15) is 12.6 Å². The summed E-state index contributed by atoms with van der Waals surface area (Å²) in [5, 5.41) is 6.32. The Morgan fingerprint density at radius 3 is 2.24 bits per heavy atom. The standard InChI is InChI=1S/C19H19FN4O/c1-3-25-17-10-8-16(9-11-17)23-19-21-13(2)12-18(24-19)22-15-6-4-14(20)5-7-15/h4-12H,3H2,1-2H3,(H2,21,22,23,24). The third-order valence-corrected chi connectivity index (χ3v) is 3.39. The molecule has 3 aromatic rings. The molecule has 0 spiro atoms. The number of anilines is 4. The Hall–Kier alpha value is -3.15. The van der Waals surface area contributed by atoms with Crippen molar-refractivity contribution in [1.29, 1.82) is 0 Å². The summed E-state index contributed by atoms with van der Waals surface area (Å²) < 4.78 is 18.4. The molecule has 0 fully saturated rings. The van der Waals surface area contributed by atoms with Crippen LogP contribution < -0.4 is 15.4 Å². The SMILES string of the molecule is CCOc1ccc(Nc2nc(C)cc(Nc3ccc(F)cc3)n2)cc1. The molecule has 0 aliphatic heterocycles. The second-order valence-corrected chi connectivity index (χ2v) is 5.43. The van der Waals surface area contributed by atoms with Crippen LogP contribution in [-0.4, -0.2) is 16.6 Å². The molecule has 6 heteroatoms. The van der Waals surface area contributed by atoms with Crippen molar-refractivity contribution >= 4 is 23.1 Å². The van der Waals surface area contributed by atoms with E-state index in [1.165, 1.54) is 12.1 Å². The number of rotatable bonds is 6. The number of ether oxygens (including phenoxy) is 1. The van der Waals surface area contributed by atoms with Gasteiger partial charge in [0.1, 0.15) is 17.4 Å². The highest BCUT2D eigenvalue weighted by atomic mass is 19.1. The number of hydrogen-bond acceptors (Lipinski definition) is 5. The number of aromatic nitrogens is 2. The molecule has 0 aliphatic carbocycles. The van der Waals surface area contributed by atoms with E-state index in [2.05, 4.69) is 20.6 Å². The van der Waals surface area contributed by atoms with Crippen molar-refractivity contribution in [3.05, 3.63) is 66.1 Å². The van der Waals surface area contributed by atoms with Crippen LogP contribution in [0, 0.1) is 12.7 Å². The molecule has 0 radical (unpaired) electrons. The average molecular weight is 338 g/mol. The lowest BCUT2D eigenvalue weighted by atomic mass is 10.3. The highest BCUT2D eigenvalue weighted by molar-refractivity contribution is 5.60. The van der Waals surface area contributed by atoms with Gasteiger partial charge in [0.05, 0.1) is 6.61 Å². The predicted molar refractivity (Wildman–Crippen MR) is 97.3 cm³/mol. The van der Waals surface area contributed by atoms with Crippen LogP contribution in [0.25, 0.3) is 0 Å². The highest BCUT2D eigenvalue weighted by Crippen LogP contribution is 2.21. The smallest absolute Gasteiger partial charge is 0.229 e. The number of aryl methyl sites for hydroxylation is 1. The molecule has 0 amide bonds. The minimum atomic E-state index is -0.276. The molecule has 0 atom stereocenters. The van der Waals surface area contributed by atoms with Gasteiger partial charge in [-0.3, -0.25) is 0 Å². The number of hydrogen-bond donors (Lipinski definition) is 2. The van der Waals surface area contributed by atoms with E-state index in [1.807, 2.05) is 44.2 Å². The Labute approximate surface area is 145 Å². The Bertz CT molecular complexity index is 835. The van der Waals surface area contributed by atoms with E-state index in [0.29, 0.717) is 18.4 Å². The zero-order valence-electron chi connectivity index (χ0n) is 14.1. The fraction of sp³-hybridized carbons (Fsp3) is 0.158. The Morgan fingerprint density at radius 1 is 0.920 bits per heavy atom. The normalized spacial score (nSPS) is 10.4. The molecule has 25 heavy (non-hydrogen) atoms. The summed E-state index contributed by atoms with van der Waals surface area (Å²) in [6, 6.07) is 15.5. The van der Waals surface area contributed by atoms with Crippen molar-refractivity contribution in [2.24, 2.45) is 0 Å². The molecule has 0 aliphatic rings.